The highest BCUT2D eigenvalue weighted by atomic mass is 16.2. The van der Waals surface area contributed by atoms with Gasteiger partial charge in [0.15, 0.2) is 13.1 Å². The van der Waals surface area contributed by atoms with Gasteiger partial charge in [-0.15, -0.1) is 0 Å². The van der Waals surface area contributed by atoms with E-state index in [-0.39, 0.29) is 23.9 Å². The van der Waals surface area contributed by atoms with E-state index in [1.165, 1.54) is 9.80 Å². The molecule has 0 radical (unpaired) electrons. The Morgan fingerprint density at radius 1 is 0.933 bits per heavy atom. The third-order valence-electron chi connectivity index (χ3n) is 6.64. The number of benzene rings is 1. The molecule has 0 aromatic heterocycles. The Bertz CT molecular complexity index is 683. The molecule has 0 aliphatic carbocycles. The summed E-state index contributed by atoms with van der Waals surface area (Å²) < 4.78 is 0. The van der Waals surface area contributed by atoms with Gasteiger partial charge in [0.1, 0.15) is 26.2 Å². The number of hydrogen-bond acceptors (Lipinski definition) is 2. The van der Waals surface area contributed by atoms with Crippen LogP contribution < -0.4 is 15.1 Å². The van der Waals surface area contributed by atoms with Crippen LogP contribution in [0.1, 0.15) is 51.7 Å². The molecule has 2 amide bonds. The lowest BCUT2D eigenvalue weighted by molar-refractivity contribution is -1.00. The van der Waals surface area contributed by atoms with E-state index in [1.807, 2.05) is 32.0 Å². The number of aryl methyl sites for hydroxylation is 2. The molecule has 1 aromatic rings. The Labute approximate surface area is 182 Å². The number of anilines is 1. The van der Waals surface area contributed by atoms with Crippen LogP contribution in [0.4, 0.5) is 5.69 Å². The van der Waals surface area contributed by atoms with Crippen LogP contribution in [0.5, 0.6) is 0 Å². The molecule has 6 nitrogen and oxygen atoms in total. The van der Waals surface area contributed by atoms with E-state index in [1.54, 1.807) is 0 Å². The largest absolute Gasteiger partial charge is 0.332 e. The third-order valence-corrected chi connectivity index (χ3v) is 6.64. The molecule has 1 aliphatic heterocycles. The van der Waals surface area contributed by atoms with Crippen molar-refractivity contribution in [2.75, 3.05) is 44.6 Å². The lowest BCUT2D eigenvalue weighted by Crippen LogP contribution is -3.28. The van der Waals surface area contributed by atoms with Gasteiger partial charge in [0.25, 0.3) is 11.8 Å². The molecule has 2 rings (SSSR count). The van der Waals surface area contributed by atoms with E-state index < -0.39 is 0 Å². The topological polar surface area (TPSA) is 58.3 Å². The fourth-order valence-electron chi connectivity index (χ4n) is 4.36. The van der Waals surface area contributed by atoms with Crippen molar-refractivity contribution in [3.63, 3.8) is 0 Å². The molecule has 1 aromatic carbocycles. The van der Waals surface area contributed by atoms with Crippen LogP contribution in [-0.4, -0.2) is 68.1 Å². The number of para-hydroxylation sites is 1. The van der Waals surface area contributed by atoms with Crippen LogP contribution in [0.25, 0.3) is 0 Å². The number of carbonyl (C=O) groups is 2. The molecule has 1 saturated heterocycles. The maximum atomic E-state index is 13.0. The van der Waals surface area contributed by atoms with E-state index in [0.717, 1.165) is 55.8 Å². The molecule has 30 heavy (non-hydrogen) atoms. The van der Waals surface area contributed by atoms with Gasteiger partial charge in [-0.2, -0.15) is 0 Å². The number of hydrogen-bond donors (Lipinski definition) is 3. The summed E-state index contributed by atoms with van der Waals surface area (Å²) in [6, 6.07) is 6.63. The first-order valence-corrected chi connectivity index (χ1v) is 11.6. The van der Waals surface area contributed by atoms with Crippen LogP contribution in [-0.2, 0) is 9.59 Å². The minimum Gasteiger partial charge on any atom is -0.332 e. The Kier molecular flexibility index (Phi) is 9.31. The maximum Gasteiger partial charge on any atom is 0.279 e. The quantitative estimate of drug-likeness (QED) is 0.545. The lowest BCUT2D eigenvalue weighted by atomic mass is 10.1. The van der Waals surface area contributed by atoms with Crippen molar-refractivity contribution >= 4 is 17.5 Å². The molecule has 168 valence electrons. The third kappa shape index (κ3) is 6.54. The minimum atomic E-state index is 0.0710. The van der Waals surface area contributed by atoms with Gasteiger partial charge >= 0.3 is 0 Å². The highest BCUT2D eigenvalue weighted by molar-refractivity contribution is 5.93. The number of nitrogens with one attached hydrogen (secondary N) is 3. The van der Waals surface area contributed by atoms with Crippen molar-refractivity contribution in [2.45, 2.75) is 66.5 Å². The van der Waals surface area contributed by atoms with Crippen molar-refractivity contribution in [1.29, 1.82) is 0 Å². The molecule has 0 saturated carbocycles. The van der Waals surface area contributed by atoms with Crippen LogP contribution in [0, 0.1) is 13.8 Å². The summed E-state index contributed by atoms with van der Waals surface area (Å²) in [5, 5.41) is 3.09. The lowest BCUT2D eigenvalue weighted by Gasteiger charge is -2.36. The van der Waals surface area contributed by atoms with Gasteiger partial charge in [-0.1, -0.05) is 32.0 Å². The Morgan fingerprint density at radius 2 is 1.40 bits per heavy atom. The maximum absolute atomic E-state index is 13.0. The second-order valence-corrected chi connectivity index (χ2v) is 8.98. The standard InChI is InChI=1S/C24H40N4O2/c1-7-20(5)28(21(6)8-2)23(30)17-27-14-12-26(13-15-27)16-22(29)25-24-18(3)10-9-11-19(24)4/h9-11,20-21H,7-8,12-17H2,1-6H3,(H,25,29)/p+2/t20-,21-/m1/s1. The average Bonchev–Trinajstić information content (AvgIpc) is 2.72. The predicted molar refractivity (Wildman–Crippen MR) is 122 cm³/mol. The second kappa shape index (κ2) is 11.5. The summed E-state index contributed by atoms with van der Waals surface area (Å²) in [5.74, 6) is 0.339. The van der Waals surface area contributed by atoms with Crippen LogP contribution >= 0.6 is 0 Å². The van der Waals surface area contributed by atoms with Crippen molar-refractivity contribution in [3.05, 3.63) is 29.3 Å². The van der Waals surface area contributed by atoms with Gasteiger partial charge in [0.05, 0.1) is 0 Å². The molecule has 2 atom stereocenters. The molecule has 0 unspecified atom stereocenters. The molecule has 6 heteroatoms. The zero-order valence-corrected chi connectivity index (χ0v) is 19.8. The molecule has 1 aliphatic rings. The first kappa shape index (κ1) is 24.4. The zero-order chi connectivity index (χ0) is 22.3. The van der Waals surface area contributed by atoms with Gasteiger partial charge in [-0.05, 0) is 51.7 Å². The number of amides is 2. The van der Waals surface area contributed by atoms with Gasteiger partial charge in [-0.25, -0.2) is 0 Å². The summed E-state index contributed by atoms with van der Waals surface area (Å²) >= 11 is 0. The molecule has 0 bridgehead atoms. The number of carbonyl (C=O) groups excluding carboxylic acids is 2. The molecular formula is C24H42N4O2+2. The summed E-state index contributed by atoms with van der Waals surface area (Å²) in [6.45, 7) is 17.4. The Morgan fingerprint density at radius 3 is 1.87 bits per heavy atom. The fourth-order valence-corrected chi connectivity index (χ4v) is 4.36. The van der Waals surface area contributed by atoms with Gasteiger partial charge < -0.3 is 20.0 Å². The molecule has 1 fully saturated rings. The molecule has 3 N–H and O–H groups in total. The second-order valence-electron chi connectivity index (χ2n) is 8.98. The Hall–Kier alpha value is -1.92. The number of nitrogens with zero attached hydrogens (tertiary/aromatic N) is 1. The summed E-state index contributed by atoms with van der Waals surface area (Å²) in [7, 11) is 0. The van der Waals surface area contributed by atoms with E-state index in [4.69, 9.17) is 0 Å². The van der Waals surface area contributed by atoms with E-state index in [0.29, 0.717) is 13.1 Å². The first-order chi connectivity index (χ1) is 14.3. The normalized spacial score (nSPS) is 21.0. The van der Waals surface area contributed by atoms with Crippen LogP contribution in [0.2, 0.25) is 0 Å². The highest BCUT2D eigenvalue weighted by Gasteiger charge is 2.30. The van der Waals surface area contributed by atoms with Crippen molar-refractivity contribution in [3.8, 4) is 0 Å². The summed E-state index contributed by atoms with van der Waals surface area (Å²) in [5.41, 5.74) is 3.13. The summed E-state index contributed by atoms with van der Waals surface area (Å²) in [6.07, 6.45) is 1.97. The van der Waals surface area contributed by atoms with Crippen molar-refractivity contribution < 1.29 is 19.4 Å². The van der Waals surface area contributed by atoms with Crippen LogP contribution in [0.15, 0.2) is 18.2 Å². The number of piperazine rings is 1. The monoisotopic (exact) mass is 418 g/mol. The average molecular weight is 419 g/mol. The van der Waals surface area contributed by atoms with Crippen molar-refractivity contribution in [2.24, 2.45) is 0 Å². The van der Waals surface area contributed by atoms with E-state index in [2.05, 4.69) is 37.9 Å². The predicted octanol–water partition coefficient (Wildman–Crippen LogP) is 0.451. The Balaban J connectivity index is 1.83. The minimum absolute atomic E-state index is 0.0710. The first-order valence-electron chi connectivity index (χ1n) is 11.6. The molecule has 0 spiro atoms. The van der Waals surface area contributed by atoms with E-state index >= 15 is 0 Å². The van der Waals surface area contributed by atoms with Crippen LogP contribution in [0.3, 0.4) is 0 Å². The van der Waals surface area contributed by atoms with Gasteiger partial charge in [-0.3, -0.25) is 9.59 Å². The van der Waals surface area contributed by atoms with Crippen molar-refractivity contribution in [1.82, 2.24) is 4.90 Å². The molecule has 1 heterocycles. The fraction of sp³-hybridized carbons (Fsp3) is 0.667. The number of rotatable bonds is 9. The molecular weight excluding hydrogens is 376 g/mol. The van der Waals surface area contributed by atoms with E-state index in [9.17, 15) is 9.59 Å². The van der Waals surface area contributed by atoms with Gasteiger partial charge in [0, 0.05) is 17.8 Å². The van der Waals surface area contributed by atoms with Gasteiger partial charge in [0.2, 0.25) is 0 Å². The number of quaternary nitrogens is 2. The summed E-state index contributed by atoms with van der Waals surface area (Å²) in [4.78, 5) is 30.3. The highest BCUT2D eigenvalue weighted by Crippen LogP contribution is 2.18. The zero-order valence-electron chi connectivity index (χ0n) is 19.8. The smallest absolute Gasteiger partial charge is 0.279 e. The SMILES string of the molecule is CC[C@@H](C)N(C(=O)C[NH+]1CC[NH+](CC(=O)Nc2c(C)cccc2C)CC1)[C@H](C)CC.